The third-order valence-corrected chi connectivity index (χ3v) is 8.66. The van der Waals surface area contributed by atoms with Gasteiger partial charge in [0.15, 0.2) is 0 Å². The van der Waals surface area contributed by atoms with E-state index in [1.807, 2.05) is 44.2 Å². The molecule has 0 unspecified atom stereocenters. The third-order valence-electron chi connectivity index (χ3n) is 6.76. The van der Waals surface area contributed by atoms with Gasteiger partial charge in [-0.1, -0.05) is 84.7 Å². The number of nitrogens with zero attached hydrogens (tertiary/aromatic N) is 2. The smallest absolute Gasteiger partial charge is 0.244 e. The van der Waals surface area contributed by atoms with Gasteiger partial charge in [-0.3, -0.25) is 13.9 Å². The second kappa shape index (κ2) is 14.0. The molecule has 40 heavy (non-hydrogen) atoms. The van der Waals surface area contributed by atoms with Crippen LogP contribution >= 0.6 is 23.2 Å². The molecule has 2 atom stereocenters. The van der Waals surface area contributed by atoms with Crippen LogP contribution in [-0.4, -0.2) is 50.0 Å². The molecule has 0 aromatic heterocycles. The quantitative estimate of drug-likeness (QED) is 0.291. The van der Waals surface area contributed by atoms with Crippen molar-refractivity contribution in [3.8, 4) is 0 Å². The van der Waals surface area contributed by atoms with Gasteiger partial charge in [0, 0.05) is 29.1 Å². The molecule has 0 aliphatic heterocycles. The molecule has 10 heteroatoms. The average molecular weight is 605 g/mol. The second-order valence-corrected chi connectivity index (χ2v) is 12.5. The van der Waals surface area contributed by atoms with Crippen LogP contribution in [0.25, 0.3) is 0 Å². The van der Waals surface area contributed by atoms with E-state index < -0.39 is 28.5 Å². The summed E-state index contributed by atoms with van der Waals surface area (Å²) in [6.07, 6.45) is 1.97. The first kappa shape index (κ1) is 31.5. The largest absolute Gasteiger partial charge is 0.352 e. The van der Waals surface area contributed by atoms with Crippen molar-refractivity contribution < 1.29 is 18.0 Å². The lowest BCUT2D eigenvalue weighted by molar-refractivity contribution is -0.140. The molecule has 0 aliphatic rings. The normalized spacial score (nSPS) is 12.8. The summed E-state index contributed by atoms with van der Waals surface area (Å²) < 4.78 is 26.9. The van der Waals surface area contributed by atoms with E-state index in [2.05, 4.69) is 5.32 Å². The molecule has 0 heterocycles. The minimum absolute atomic E-state index is 0.00998. The maximum Gasteiger partial charge on any atom is 0.244 e. The Morgan fingerprint density at radius 3 is 2.17 bits per heavy atom. The molecule has 2 amide bonds. The Bertz CT molecular complexity index is 1430. The molecular formula is C30H35Cl2N3O4S. The molecular weight excluding hydrogens is 569 g/mol. The monoisotopic (exact) mass is 603 g/mol. The van der Waals surface area contributed by atoms with Gasteiger partial charge in [-0.05, 0) is 55.2 Å². The van der Waals surface area contributed by atoms with Crippen LogP contribution < -0.4 is 9.62 Å². The van der Waals surface area contributed by atoms with Gasteiger partial charge in [0.05, 0.1) is 11.9 Å². The number of sulfonamides is 1. The van der Waals surface area contributed by atoms with E-state index in [-0.39, 0.29) is 24.9 Å². The number of rotatable bonds is 12. The topological polar surface area (TPSA) is 86.8 Å². The first-order valence-electron chi connectivity index (χ1n) is 13.0. The minimum Gasteiger partial charge on any atom is -0.352 e. The number of hydrogen-bond acceptors (Lipinski definition) is 4. The van der Waals surface area contributed by atoms with Crippen LogP contribution in [0.15, 0.2) is 72.8 Å². The fraction of sp³-hybridized carbons (Fsp3) is 0.333. The van der Waals surface area contributed by atoms with Gasteiger partial charge in [-0.2, -0.15) is 0 Å². The molecule has 0 fully saturated rings. The summed E-state index contributed by atoms with van der Waals surface area (Å²) >= 11 is 12.8. The van der Waals surface area contributed by atoms with E-state index >= 15 is 0 Å². The lowest BCUT2D eigenvalue weighted by Crippen LogP contribution is -2.54. The maximum atomic E-state index is 14.1. The fourth-order valence-corrected chi connectivity index (χ4v) is 5.53. The summed E-state index contributed by atoms with van der Waals surface area (Å²) in [4.78, 5) is 29.3. The van der Waals surface area contributed by atoms with Crippen molar-refractivity contribution in [1.82, 2.24) is 10.2 Å². The van der Waals surface area contributed by atoms with Crippen LogP contribution in [0.5, 0.6) is 0 Å². The summed E-state index contributed by atoms with van der Waals surface area (Å²) in [6, 6.07) is 20.3. The number of halogens is 2. The Balaban J connectivity index is 2.10. The Kier molecular flexibility index (Phi) is 11.0. The number of anilines is 1. The highest BCUT2D eigenvalue weighted by Crippen LogP contribution is 2.29. The van der Waals surface area contributed by atoms with Crippen molar-refractivity contribution in [2.24, 2.45) is 0 Å². The van der Waals surface area contributed by atoms with Crippen LogP contribution in [0.2, 0.25) is 10.0 Å². The third kappa shape index (κ3) is 8.22. The number of carbonyl (C=O) groups excluding carboxylic acids is 2. The van der Waals surface area contributed by atoms with Gasteiger partial charge in [0.25, 0.3) is 0 Å². The SMILES string of the molecule is CC[C@@H](C)NC(=O)[C@@H](Cc1ccccc1)N(Cc1ccccc1Cl)C(=O)CN(c1cccc(Cl)c1C)S(C)(=O)=O. The highest BCUT2D eigenvalue weighted by molar-refractivity contribution is 7.92. The van der Waals surface area contributed by atoms with Gasteiger partial charge < -0.3 is 10.2 Å². The van der Waals surface area contributed by atoms with Crippen molar-refractivity contribution in [1.29, 1.82) is 0 Å². The summed E-state index contributed by atoms with van der Waals surface area (Å²) in [7, 11) is -3.89. The van der Waals surface area contributed by atoms with E-state index in [0.717, 1.165) is 16.1 Å². The van der Waals surface area contributed by atoms with Gasteiger partial charge in [-0.25, -0.2) is 8.42 Å². The highest BCUT2D eigenvalue weighted by atomic mass is 35.5. The van der Waals surface area contributed by atoms with Gasteiger partial charge in [0.2, 0.25) is 21.8 Å². The molecule has 0 saturated carbocycles. The zero-order valence-corrected chi connectivity index (χ0v) is 25.4. The molecule has 0 bridgehead atoms. The molecule has 7 nitrogen and oxygen atoms in total. The molecule has 3 aromatic rings. The van der Waals surface area contributed by atoms with E-state index in [4.69, 9.17) is 23.2 Å². The molecule has 0 radical (unpaired) electrons. The minimum atomic E-state index is -3.89. The van der Waals surface area contributed by atoms with E-state index in [1.54, 1.807) is 49.4 Å². The van der Waals surface area contributed by atoms with Crippen molar-refractivity contribution >= 4 is 50.7 Å². The summed E-state index contributed by atoms with van der Waals surface area (Å²) in [5.74, 6) is -0.881. The van der Waals surface area contributed by atoms with Crippen LogP contribution in [0.1, 0.15) is 37.0 Å². The van der Waals surface area contributed by atoms with Crippen LogP contribution in [0, 0.1) is 6.92 Å². The summed E-state index contributed by atoms with van der Waals surface area (Å²) in [6.45, 7) is 5.04. The van der Waals surface area contributed by atoms with E-state index in [1.165, 1.54) is 4.90 Å². The Morgan fingerprint density at radius 2 is 1.55 bits per heavy atom. The second-order valence-electron chi connectivity index (χ2n) is 9.79. The summed E-state index contributed by atoms with van der Waals surface area (Å²) in [5.41, 5.74) is 2.31. The average Bonchev–Trinajstić information content (AvgIpc) is 2.91. The fourth-order valence-electron chi connectivity index (χ4n) is 4.27. The van der Waals surface area contributed by atoms with Gasteiger partial charge in [-0.15, -0.1) is 0 Å². The number of amides is 2. The highest BCUT2D eigenvalue weighted by Gasteiger charge is 2.34. The van der Waals surface area contributed by atoms with Gasteiger partial charge >= 0.3 is 0 Å². The number of nitrogens with one attached hydrogen (secondary N) is 1. The Labute approximate surface area is 247 Å². The van der Waals surface area contributed by atoms with Crippen LogP contribution in [-0.2, 0) is 32.6 Å². The molecule has 3 rings (SSSR count). The van der Waals surface area contributed by atoms with Crippen molar-refractivity contribution in [2.75, 3.05) is 17.1 Å². The molecule has 0 aliphatic carbocycles. The summed E-state index contributed by atoms with van der Waals surface area (Å²) in [5, 5.41) is 3.82. The lowest BCUT2D eigenvalue weighted by Gasteiger charge is -2.34. The predicted octanol–water partition coefficient (Wildman–Crippen LogP) is 5.62. The zero-order chi connectivity index (χ0) is 29.4. The standard InChI is InChI=1S/C30H35Cl2N3O4S/c1-5-21(2)33-30(37)28(18-23-12-7-6-8-13-23)34(19-24-14-9-10-15-26(24)32)29(36)20-35(40(4,38)39)27-17-11-16-25(31)22(27)3/h6-17,21,28H,5,18-20H2,1-4H3,(H,33,37)/t21-,28-/m1/s1. The van der Waals surface area contributed by atoms with Crippen molar-refractivity contribution in [3.05, 3.63) is 99.5 Å². The Hall–Kier alpha value is -3.07. The van der Waals surface area contributed by atoms with Crippen LogP contribution in [0.3, 0.4) is 0 Å². The first-order chi connectivity index (χ1) is 18.9. The molecule has 1 N–H and O–H groups in total. The van der Waals surface area contributed by atoms with E-state index in [0.29, 0.717) is 33.3 Å². The lowest BCUT2D eigenvalue weighted by atomic mass is 10.0. The molecule has 214 valence electrons. The number of carbonyl (C=O) groups is 2. The maximum absolute atomic E-state index is 14.1. The van der Waals surface area contributed by atoms with Gasteiger partial charge in [0.1, 0.15) is 12.6 Å². The number of benzene rings is 3. The predicted molar refractivity (Wildman–Crippen MR) is 162 cm³/mol. The zero-order valence-electron chi connectivity index (χ0n) is 23.1. The molecule has 0 spiro atoms. The first-order valence-corrected chi connectivity index (χ1v) is 15.6. The molecule has 3 aromatic carbocycles. The van der Waals surface area contributed by atoms with Crippen molar-refractivity contribution in [3.63, 3.8) is 0 Å². The van der Waals surface area contributed by atoms with E-state index in [9.17, 15) is 18.0 Å². The molecule has 0 saturated heterocycles. The van der Waals surface area contributed by atoms with Crippen LogP contribution in [0.4, 0.5) is 5.69 Å². The van der Waals surface area contributed by atoms with Crippen molar-refractivity contribution in [2.45, 2.75) is 52.2 Å². The number of hydrogen-bond donors (Lipinski definition) is 1. The Morgan fingerprint density at radius 1 is 0.925 bits per heavy atom.